The Labute approximate surface area is 98.5 Å². The molecule has 0 bridgehead atoms. The van der Waals surface area contributed by atoms with Gasteiger partial charge in [0, 0.05) is 25.2 Å². The molecule has 3 atom stereocenters. The summed E-state index contributed by atoms with van der Waals surface area (Å²) in [4.78, 5) is 2.74. The monoisotopic (exact) mass is 224 g/mol. The van der Waals surface area contributed by atoms with Crippen molar-refractivity contribution in [1.82, 2.24) is 10.2 Å². The average molecular weight is 224 g/mol. The molecule has 1 N–H and O–H groups in total. The number of nitrogens with one attached hydrogen (secondary N) is 1. The molecule has 3 nitrogen and oxygen atoms in total. The summed E-state index contributed by atoms with van der Waals surface area (Å²) in [5.41, 5.74) is 0. The largest absolute Gasteiger partial charge is 0.381 e. The van der Waals surface area contributed by atoms with E-state index in [1.165, 1.54) is 51.7 Å². The Morgan fingerprint density at radius 2 is 2.19 bits per heavy atom. The molecule has 3 unspecified atom stereocenters. The van der Waals surface area contributed by atoms with Gasteiger partial charge in [-0.05, 0) is 51.1 Å². The van der Waals surface area contributed by atoms with Gasteiger partial charge in [0.2, 0.25) is 0 Å². The lowest BCUT2D eigenvalue weighted by Gasteiger charge is -2.31. The van der Waals surface area contributed by atoms with Crippen LogP contribution in [0.2, 0.25) is 0 Å². The second kappa shape index (κ2) is 5.03. The highest BCUT2D eigenvalue weighted by Gasteiger charge is 2.34. The van der Waals surface area contributed by atoms with E-state index in [1.807, 2.05) is 0 Å². The molecule has 3 aliphatic rings. The Kier molecular flexibility index (Phi) is 3.46. The highest BCUT2D eigenvalue weighted by molar-refractivity contribution is 4.92. The Morgan fingerprint density at radius 3 is 2.94 bits per heavy atom. The molecule has 3 aliphatic heterocycles. The van der Waals surface area contributed by atoms with Crippen LogP contribution in [0, 0.1) is 5.92 Å². The van der Waals surface area contributed by atoms with Crippen LogP contribution in [-0.2, 0) is 4.74 Å². The van der Waals surface area contributed by atoms with Crippen LogP contribution in [0.4, 0.5) is 0 Å². The second-order valence-electron chi connectivity index (χ2n) is 5.64. The molecule has 0 saturated carbocycles. The van der Waals surface area contributed by atoms with Gasteiger partial charge in [-0.3, -0.25) is 4.90 Å². The summed E-state index contributed by atoms with van der Waals surface area (Å²) in [7, 11) is 0. The molecule has 0 amide bonds. The zero-order valence-electron chi connectivity index (χ0n) is 10.2. The van der Waals surface area contributed by atoms with Crippen molar-refractivity contribution in [3.8, 4) is 0 Å². The lowest BCUT2D eigenvalue weighted by atomic mass is 10.0. The van der Waals surface area contributed by atoms with E-state index in [4.69, 9.17) is 4.74 Å². The van der Waals surface area contributed by atoms with E-state index in [9.17, 15) is 0 Å². The molecule has 16 heavy (non-hydrogen) atoms. The summed E-state index contributed by atoms with van der Waals surface area (Å²) >= 11 is 0. The molecule has 3 fully saturated rings. The molecular weight excluding hydrogens is 200 g/mol. The summed E-state index contributed by atoms with van der Waals surface area (Å²) in [6.45, 7) is 5.83. The zero-order valence-corrected chi connectivity index (χ0v) is 10.2. The predicted molar refractivity (Wildman–Crippen MR) is 64.5 cm³/mol. The van der Waals surface area contributed by atoms with Crippen molar-refractivity contribution in [3.63, 3.8) is 0 Å². The highest BCUT2D eigenvalue weighted by atomic mass is 16.5. The SMILES string of the molecule is C1CNC(C2CCCN2CC2CCOC2)C1. The number of nitrogens with zero attached hydrogens (tertiary/aromatic N) is 1. The molecule has 0 radical (unpaired) electrons. The van der Waals surface area contributed by atoms with Crippen LogP contribution in [0.25, 0.3) is 0 Å². The van der Waals surface area contributed by atoms with Gasteiger partial charge in [0.05, 0.1) is 6.61 Å². The van der Waals surface area contributed by atoms with Crippen LogP contribution in [0.1, 0.15) is 32.1 Å². The Morgan fingerprint density at radius 1 is 1.19 bits per heavy atom. The van der Waals surface area contributed by atoms with Gasteiger partial charge in [0.1, 0.15) is 0 Å². The number of hydrogen-bond donors (Lipinski definition) is 1. The standard InChI is InChI=1S/C13H24N2O/c1-3-12(14-6-1)13-4-2-7-15(13)9-11-5-8-16-10-11/h11-14H,1-10H2. The predicted octanol–water partition coefficient (Wildman–Crippen LogP) is 1.24. The summed E-state index contributed by atoms with van der Waals surface area (Å²) < 4.78 is 5.49. The van der Waals surface area contributed by atoms with Crippen molar-refractivity contribution in [2.24, 2.45) is 5.92 Å². The van der Waals surface area contributed by atoms with E-state index >= 15 is 0 Å². The van der Waals surface area contributed by atoms with E-state index < -0.39 is 0 Å². The average Bonchev–Trinajstić information content (AvgIpc) is 2.98. The fourth-order valence-electron chi connectivity index (χ4n) is 3.63. The number of likely N-dealkylation sites (tertiary alicyclic amines) is 1. The van der Waals surface area contributed by atoms with E-state index in [1.54, 1.807) is 0 Å². The number of rotatable bonds is 3. The van der Waals surface area contributed by atoms with Gasteiger partial charge in [-0.25, -0.2) is 0 Å². The minimum absolute atomic E-state index is 0.782. The maximum Gasteiger partial charge on any atom is 0.0507 e. The van der Waals surface area contributed by atoms with Crippen LogP contribution in [0.5, 0.6) is 0 Å². The normalized spacial score (nSPS) is 40.9. The molecule has 0 aliphatic carbocycles. The van der Waals surface area contributed by atoms with Gasteiger partial charge in [-0.1, -0.05) is 0 Å². The van der Waals surface area contributed by atoms with Gasteiger partial charge in [0.15, 0.2) is 0 Å². The smallest absolute Gasteiger partial charge is 0.0507 e. The van der Waals surface area contributed by atoms with Crippen molar-refractivity contribution in [1.29, 1.82) is 0 Å². The molecule has 0 aromatic rings. The van der Waals surface area contributed by atoms with Crippen molar-refractivity contribution in [3.05, 3.63) is 0 Å². The van der Waals surface area contributed by atoms with E-state index in [-0.39, 0.29) is 0 Å². The van der Waals surface area contributed by atoms with E-state index in [0.717, 1.165) is 31.2 Å². The highest BCUT2D eigenvalue weighted by Crippen LogP contribution is 2.27. The molecule has 3 rings (SSSR count). The first kappa shape index (κ1) is 11.0. The van der Waals surface area contributed by atoms with Crippen molar-refractivity contribution in [2.45, 2.75) is 44.2 Å². The fraction of sp³-hybridized carbons (Fsp3) is 1.00. The second-order valence-corrected chi connectivity index (χ2v) is 5.64. The molecule has 3 heteroatoms. The third-order valence-corrected chi connectivity index (χ3v) is 4.49. The van der Waals surface area contributed by atoms with Crippen molar-refractivity contribution in [2.75, 3.05) is 32.8 Å². The summed E-state index contributed by atoms with van der Waals surface area (Å²) in [6.07, 6.45) is 6.85. The fourth-order valence-corrected chi connectivity index (χ4v) is 3.63. The zero-order chi connectivity index (χ0) is 10.8. The molecule has 92 valence electrons. The van der Waals surface area contributed by atoms with Crippen LogP contribution >= 0.6 is 0 Å². The van der Waals surface area contributed by atoms with Crippen molar-refractivity contribution >= 4 is 0 Å². The maximum absolute atomic E-state index is 5.49. The van der Waals surface area contributed by atoms with E-state index in [0.29, 0.717) is 0 Å². The lowest BCUT2D eigenvalue weighted by molar-refractivity contribution is 0.152. The summed E-state index contributed by atoms with van der Waals surface area (Å²) in [5, 5.41) is 3.68. The van der Waals surface area contributed by atoms with Gasteiger partial charge >= 0.3 is 0 Å². The van der Waals surface area contributed by atoms with Crippen LogP contribution in [-0.4, -0.2) is 49.8 Å². The third kappa shape index (κ3) is 2.27. The summed E-state index contributed by atoms with van der Waals surface area (Å²) in [6, 6.07) is 1.60. The first-order valence-corrected chi connectivity index (χ1v) is 6.98. The van der Waals surface area contributed by atoms with Crippen LogP contribution in [0.15, 0.2) is 0 Å². The minimum Gasteiger partial charge on any atom is -0.381 e. The maximum atomic E-state index is 5.49. The third-order valence-electron chi connectivity index (χ3n) is 4.49. The van der Waals surface area contributed by atoms with Crippen LogP contribution < -0.4 is 5.32 Å². The molecule has 3 heterocycles. The van der Waals surface area contributed by atoms with Crippen molar-refractivity contribution < 1.29 is 4.74 Å². The number of hydrogen-bond acceptors (Lipinski definition) is 3. The van der Waals surface area contributed by atoms with Gasteiger partial charge in [0.25, 0.3) is 0 Å². The number of ether oxygens (including phenoxy) is 1. The molecule has 3 saturated heterocycles. The quantitative estimate of drug-likeness (QED) is 0.780. The van der Waals surface area contributed by atoms with Gasteiger partial charge < -0.3 is 10.1 Å². The molecular formula is C13H24N2O. The van der Waals surface area contributed by atoms with Gasteiger partial charge in [-0.15, -0.1) is 0 Å². The first-order valence-electron chi connectivity index (χ1n) is 6.98. The lowest BCUT2D eigenvalue weighted by Crippen LogP contribution is -2.45. The van der Waals surface area contributed by atoms with Gasteiger partial charge in [-0.2, -0.15) is 0 Å². The summed E-state index contributed by atoms with van der Waals surface area (Å²) in [5.74, 6) is 0.807. The Bertz CT molecular complexity index is 222. The van der Waals surface area contributed by atoms with Crippen LogP contribution in [0.3, 0.4) is 0 Å². The Hall–Kier alpha value is -0.120. The minimum atomic E-state index is 0.782. The first-order chi connectivity index (χ1) is 7.93. The topological polar surface area (TPSA) is 24.5 Å². The molecule has 0 aromatic carbocycles. The van der Waals surface area contributed by atoms with E-state index in [2.05, 4.69) is 10.2 Å². The molecule has 0 spiro atoms. The Balaban J connectivity index is 1.55. The molecule has 0 aromatic heterocycles.